The molecule has 1 amide bonds. The van der Waals surface area contributed by atoms with Gasteiger partial charge in [-0.25, -0.2) is 15.0 Å². The fourth-order valence-corrected chi connectivity index (χ4v) is 4.17. The summed E-state index contributed by atoms with van der Waals surface area (Å²) in [5.41, 5.74) is 7.06. The Bertz CT molecular complexity index is 1310. The Hall–Kier alpha value is -3.74. The minimum atomic E-state index is -0.588. The summed E-state index contributed by atoms with van der Waals surface area (Å²) in [6, 6.07) is 7.86. The molecule has 0 spiro atoms. The van der Waals surface area contributed by atoms with Crippen molar-refractivity contribution >= 4 is 58.1 Å². The first-order valence-corrected chi connectivity index (χ1v) is 11.7. The van der Waals surface area contributed by atoms with Crippen molar-refractivity contribution in [2.45, 2.75) is 0 Å². The highest BCUT2D eigenvalue weighted by atomic mass is 35.5. The first kappa shape index (κ1) is 25.4. The van der Waals surface area contributed by atoms with E-state index in [0.29, 0.717) is 71.5 Å². The standard InChI is InChI=1S/C22H23Cl2N9O3/c1-31-8-9-32(19(34)12-31)17-11-28-22(30-20(17)14-3-2-13(23)10-15(14)24)27-7-6-26-18-5-4-16(33(35)36)21(25)29-18/h2-5,10-11H,6-9,12H2,1H3,(H3,25,26,29)(H,27,28,30). The zero-order valence-corrected chi connectivity index (χ0v) is 20.8. The predicted octanol–water partition coefficient (Wildman–Crippen LogP) is 3.14. The van der Waals surface area contributed by atoms with Crippen molar-refractivity contribution < 1.29 is 9.72 Å². The number of piperazine rings is 1. The summed E-state index contributed by atoms with van der Waals surface area (Å²) < 4.78 is 0. The van der Waals surface area contributed by atoms with E-state index in [4.69, 9.17) is 28.9 Å². The van der Waals surface area contributed by atoms with E-state index in [1.54, 1.807) is 29.3 Å². The average Bonchev–Trinajstić information content (AvgIpc) is 2.82. The Morgan fingerprint density at radius 1 is 1.14 bits per heavy atom. The van der Waals surface area contributed by atoms with Crippen LogP contribution >= 0.6 is 23.2 Å². The minimum Gasteiger partial charge on any atom is -0.378 e. The molecule has 1 aliphatic rings. The van der Waals surface area contributed by atoms with E-state index >= 15 is 0 Å². The lowest BCUT2D eigenvalue weighted by Gasteiger charge is -2.32. The minimum absolute atomic E-state index is 0.0570. The van der Waals surface area contributed by atoms with Gasteiger partial charge in [-0.3, -0.25) is 19.8 Å². The molecule has 0 saturated carbocycles. The largest absolute Gasteiger partial charge is 0.378 e. The molecule has 4 N–H and O–H groups in total. The molecule has 3 aromatic rings. The Kier molecular flexibility index (Phi) is 7.67. The molecule has 1 aliphatic heterocycles. The first-order chi connectivity index (χ1) is 17.2. The van der Waals surface area contributed by atoms with Crippen molar-refractivity contribution in [2.75, 3.05) is 61.0 Å². The van der Waals surface area contributed by atoms with Gasteiger partial charge in [0.25, 0.3) is 0 Å². The number of nitrogen functional groups attached to an aromatic ring is 1. The molecule has 14 heteroatoms. The summed E-state index contributed by atoms with van der Waals surface area (Å²) in [4.78, 5) is 39.7. The van der Waals surface area contributed by atoms with Crippen LogP contribution in [0.3, 0.4) is 0 Å². The van der Waals surface area contributed by atoms with E-state index in [2.05, 4.69) is 25.6 Å². The number of nitrogens with zero attached hydrogens (tertiary/aromatic N) is 6. The number of rotatable bonds is 8. The maximum Gasteiger partial charge on any atom is 0.311 e. The van der Waals surface area contributed by atoms with Gasteiger partial charge in [0.2, 0.25) is 17.7 Å². The number of likely N-dealkylation sites (N-methyl/N-ethyl adjacent to an activating group) is 1. The molecule has 1 fully saturated rings. The lowest BCUT2D eigenvalue weighted by molar-refractivity contribution is -0.384. The van der Waals surface area contributed by atoms with E-state index in [1.165, 1.54) is 12.1 Å². The number of hydrogen-bond donors (Lipinski definition) is 3. The summed E-state index contributed by atoms with van der Waals surface area (Å²) in [5, 5.41) is 17.9. The fraction of sp³-hybridized carbons (Fsp3) is 0.273. The van der Waals surface area contributed by atoms with Crippen LogP contribution in [0.1, 0.15) is 0 Å². The smallest absolute Gasteiger partial charge is 0.311 e. The number of nitro groups is 1. The van der Waals surface area contributed by atoms with Crippen molar-refractivity contribution in [1.82, 2.24) is 19.9 Å². The second kappa shape index (κ2) is 10.9. The van der Waals surface area contributed by atoms with E-state index in [-0.39, 0.29) is 17.4 Å². The second-order valence-corrected chi connectivity index (χ2v) is 8.89. The monoisotopic (exact) mass is 531 g/mol. The number of nitrogens with two attached hydrogens (primary N) is 1. The van der Waals surface area contributed by atoms with Crippen LogP contribution in [0.5, 0.6) is 0 Å². The van der Waals surface area contributed by atoms with Crippen LogP contribution in [0.15, 0.2) is 36.5 Å². The van der Waals surface area contributed by atoms with E-state index < -0.39 is 4.92 Å². The SMILES string of the molecule is CN1CCN(c2cnc(NCCNc3ccc([N+](=O)[O-])c(N)n3)nc2-c2ccc(Cl)cc2Cl)C(=O)C1. The molecule has 0 aliphatic carbocycles. The van der Waals surface area contributed by atoms with Gasteiger partial charge in [0.1, 0.15) is 11.5 Å². The summed E-state index contributed by atoms with van der Waals surface area (Å²) in [6.07, 6.45) is 1.60. The van der Waals surface area contributed by atoms with Gasteiger partial charge in [-0.1, -0.05) is 23.2 Å². The van der Waals surface area contributed by atoms with Crippen molar-refractivity contribution in [3.63, 3.8) is 0 Å². The molecule has 4 rings (SSSR count). The Balaban J connectivity index is 1.51. The van der Waals surface area contributed by atoms with Crippen molar-refractivity contribution in [3.8, 4) is 11.3 Å². The number of aromatic nitrogens is 3. The summed E-state index contributed by atoms with van der Waals surface area (Å²) in [6.45, 7) is 2.31. The number of pyridine rings is 1. The number of amides is 1. The lowest BCUT2D eigenvalue weighted by atomic mass is 10.1. The van der Waals surface area contributed by atoms with Gasteiger partial charge in [0.15, 0.2) is 0 Å². The molecule has 0 unspecified atom stereocenters. The average molecular weight is 532 g/mol. The zero-order chi connectivity index (χ0) is 25.8. The lowest BCUT2D eigenvalue weighted by Crippen LogP contribution is -2.49. The number of carbonyl (C=O) groups excluding carboxylic acids is 1. The summed E-state index contributed by atoms with van der Waals surface area (Å²) >= 11 is 12.6. The van der Waals surface area contributed by atoms with Gasteiger partial charge in [-0.2, -0.15) is 0 Å². The van der Waals surface area contributed by atoms with Gasteiger partial charge in [-0.05, 0) is 31.3 Å². The molecule has 0 radical (unpaired) electrons. The van der Waals surface area contributed by atoms with Gasteiger partial charge in [-0.15, -0.1) is 0 Å². The Labute approximate surface area is 216 Å². The highest BCUT2D eigenvalue weighted by Gasteiger charge is 2.27. The van der Waals surface area contributed by atoms with Crippen LogP contribution in [0.4, 0.5) is 29.0 Å². The summed E-state index contributed by atoms with van der Waals surface area (Å²) in [5.74, 6) is 0.510. The maximum absolute atomic E-state index is 12.7. The van der Waals surface area contributed by atoms with Crippen LogP contribution < -0.4 is 21.3 Å². The van der Waals surface area contributed by atoms with E-state index in [9.17, 15) is 14.9 Å². The highest BCUT2D eigenvalue weighted by Crippen LogP contribution is 2.36. The predicted molar refractivity (Wildman–Crippen MR) is 140 cm³/mol. The second-order valence-electron chi connectivity index (χ2n) is 8.05. The normalized spacial score (nSPS) is 14.1. The third-order valence-corrected chi connectivity index (χ3v) is 6.02. The van der Waals surface area contributed by atoms with Crippen LogP contribution in [-0.4, -0.2) is 70.5 Å². The topological polar surface area (TPSA) is 155 Å². The first-order valence-electron chi connectivity index (χ1n) is 10.9. The quantitative estimate of drug-likeness (QED) is 0.224. The third-order valence-electron chi connectivity index (χ3n) is 5.47. The number of nitrogens with one attached hydrogen (secondary N) is 2. The molecule has 2 aromatic heterocycles. The van der Waals surface area contributed by atoms with Crippen LogP contribution in [0, 0.1) is 10.1 Å². The van der Waals surface area contributed by atoms with E-state index in [0.717, 1.165) is 0 Å². The van der Waals surface area contributed by atoms with Crippen LogP contribution in [0.25, 0.3) is 11.3 Å². The Morgan fingerprint density at radius 3 is 2.61 bits per heavy atom. The molecule has 188 valence electrons. The summed E-state index contributed by atoms with van der Waals surface area (Å²) in [7, 11) is 1.89. The number of halogens is 2. The van der Waals surface area contributed by atoms with Crippen molar-refractivity contribution in [3.05, 3.63) is 56.7 Å². The molecule has 1 saturated heterocycles. The molecule has 12 nitrogen and oxygen atoms in total. The van der Waals surface area contributed by atoms with Crippen LogP contribution in [0.2, 0.25) is 10.0 Å². The van der Waals surface area contributed by atoms with Gasteiger partial charge < -0.3 is 21.3 Å². The van der Waals surface area contributed by atoms with Gasteiger partial charge in [0.05, 0.1) is 28.4 Å². The molecule has 1 aromatic carbocycles. The number of benzene rings is 1. The number of anilines is 4. The maximum atomic E-state index is 12.7. The molecule has 3 heterocycles. The highest BCUT2D eigenvalue weighted by molar-refractivity contribution is 6.36. The van der Waals surface area contributed by atoms with Crippen molar-refractivity contribution in [1.29, 1.82) is 0 Å². The molecule has 0 atom stereocenters. The zero-order valence-electron chi connectivity index (χ0n) is 19.2. The Morgan fingerprint density at radius 2 is 1.92 bits per heavy atom. The van der Waals surface area contributed by atoms with Crippen molar-refractivity contribution in [2.24, 2.45) is 0 Å². The number of carbonyl (C=O) groups is 1. The van der Waals surface area contributed by atoms with E-state index in [1.807, 2.05) is 11.9 Å². The molecule has 0 bridgehead atoms. The molecular weight excluding hydrogens is 509 g/mol. The third kappa shape index (κ3) is 5.73. The van der Waals surface area contributed by atoms with Gasteiger partial charge >= 0.3 is 5.69 Å². The van der Waals surface area contributed by atoms with Crippen LogP contribution in [-0.2, 0) is 4.79 Å². The molecule has 36 heavy (non-hydrogen) atoms. The molecular formula is C22H23Cl2N9O3. The number of hydrogen-bond acceptors (Lipinski definition) is 10. The van der Waals surface area contributed by atoms with Gasteiger partial charge in [0, 0.05) is 42.8 Å². The fourth-order valence-electron chi connectivity index (χ4n) is 3.67.